The minimum atomic E-state index is 0.0556. The van der Waals surface area contributed by atoms with Crippen LogP contribution < -0.4 is 0 Å². The van der Waals surface area contributed by atoms with Crippen LogP contribution in [0.4, 0.5) is 0 Å². The Morgan fingerprint density at radius 3 is 2.19 bits per heavy atom. The highest BCUT2D eigenvalue weighted by Crippen LogP contribution is 2.32. The Labute approximate surface area is 128 Å². The molecule has 21 heavy (non-hydrogen) atoms. The van der Waals surface area contributed by atoms with E-state index in [1.54, 1.807) is 11.8 Å². The first-order valence-electron chi connectivity index (χ1n) is 6.72. The number of hydrogen-bond acceptors (Lipinski definition) is 2. The van der Waals surface area contributed by atoms with Crippen LogP contribution in [0, 0.1) is 0 Å². The molecule has 3 heteroatoms. The van der Waals surface area contributed by atoms with Crippen LogP contribution in [-0.4, -0.2) is 17.0 Å². The van der Waals surface area contributed by atoms with Crippen molar-refractivity contribution >= 4 is 17.5 Å². The second kappa shape index (κ2) is 6.02. The van der Waals surface area contributed by atoms with Gasteiger partial charge in [0.15, 0.2) is 5.78 Å². The van der Waals surface area contributed by atoms with Crippen LogP contribution >= 0.6 is 11.8 Å². The third-order valence-electron chi connectivity index (χ3n) is 3.40. The van der Waals surface area contributed by atoms with Crippen molar-refractivity contribution in [2.45, 2.75) is 5.03 Å². The third kappa shape index (κ3) is 2.65. The molecule has 0 aliphatic heterocycles. The Bertz CT molecular complexity index is 747. The van der Waals surface area contributed by atoms with Gasteiger partial charge < -0.3 is 4.98 Å². The van der Waals surface area contributed by atoms with Crippen molar-refractivity contribution in [1.82, 2.24) is 4.98 Å². The molecule has 0 aliphatic carbocycles. The second-order valence-electron chi connectivity index (χ2n) is 4.67. The Kier molecular flexibility index (Phi) is 3.93. The molecule has 3 rings (SSSR count). The van der Waals surface area contributed by atoms with Crippen molar-refractivity contribution in [2.24, 2.45) is 0 Å². The van der Waals surface area contributed by atoms with Crippen LogP contribution in [0.2, 0.25) is 0 Å². The van der Waals surface area contributed by atoms with Gasteiger partial charge in [-0.15, -0.1) is 11.8 Å². The number of nitrogens with one attached hydrogen (secondary N) is 1. The number of benzene rings is 2. The van der Waals surface area contributed by atoms with E-state index < -0.39 is 0 Å². The van der Waals surface area contributed by atoms with E-state index in [4.69, 9.17) is 0 Å². The molecule has 1 aromatic heterocycles. The zero-order valence-corrected chi connectivity index (χ0v) is 12.5. The molecule has 0 saturated carbocycles. The van der Waals surface area contributed by atoms with Crippen LogP contribution in [0.1, 0.15) is 15.9 Å². The first-order valence-corrected chi connectivity index (χ1v) is 7.94. The Hall–Kier alpha value is -2.26. The third-order valence-corrected chi connectivity index (χ3v) is 4.13. The van der Waals surface area contributed by atoms with Gasteiger partial charge in [0.1, 0.15) is 0 Å². The van der Waals surface area contributed by atoms with Gasteiger partial charge in [0.25, 0.3) is 0 Å². The standard InChI is InChI=1S/C18H15NOS/c1-21-18-16(17(20)14-10-6-3-7-11-14)15(12-19-18)13-8-4-2-5-9-13/h2-12,19H,1H3. The number of carbonyl (C=O) groups is 1. The zero-order chi connectivity index (χ0) is 14.7. The summed E-state index contributed by atoms with van der Waals surface area (Å²) in [7, 11) is 0. The van der Waals surface area contributed by atoms with Crippen LogP contribution in [0.15, 0.2) is 71.9 Å². The topological polar surface area (TPSA) is 32.9 Å². The highest BCUT2D eigenvalue weighted by molar-refractivity contribution is 7.98. The molecule has 0 amide bonds. The molecular formula is C18H15NOS. The number of carbonyl (C=O) groups excluding carboxylic acids is 1. The van der Waals surface area contributed by atoms with Gasteiger partial charge in [0, 0.05) is 17.3 Å². The van der Waals surface area contributed by atoms with E-state index >= 15 is 0 Å². The van der Waals surface area contributed by atoms with Gasteiger partial charge in [-0.1, -0.05) is 60.7 Å². The van der Waals surface area contributed by atoms with Crippen LogP contribution in [0.5, 0.6) is 0 Å². The van der Waals surface area contributed by atoms with Gasteiger partial charge in [0.05, 0.1) is 10.6 Å². The first kappa shape index (κ1) is 13.7. The number of aromatic amines is 1. The molecular weight excluding hydrogens is 278 g/mol. The maximum atomic E-state index is 12.8. The summed E-state index contributed by atoms with van der Waals surface area (Å²) < 4.78 is 0. The van der Waals surface area contributed by atoms with Gasteiger partial charge >= 0.3 is 0 Å². The van der Waals surface area contributed by atoms with E-state index in [2.05, 4.69) is 4.98 Å². The van der Waals surface area contributed by atoms with Gasteiger partial charge in [-0.25, -0.2) is 0 Å². The second-order valence-corrected chi connectivity index (χ2v) is 5.49. The Balaban J connectivity index is 2.13. The van der Waals surface area contributed by atoms with E-state index in [9.17, 15) is 4.79 Å². The van der Waals surface area contributed by atoms with Gasteiger partial charge in [-0.2, -0.15) is 0 Å². The minimum Gasteiger partial charge on any atom is -0.355 e. The lowest BCUT2D eigenvalue weighted by Gasteiger charge is -2.06. The predicted octanol–water partition coefficient (Wildman–Crippen LogP) is 4.63. The predicted molar refractivity (Wildman–Crippen MR) is 87.9 cm³/mol. The van der Waals surface area contributed by atoms with E-state index in [1.165, 1.54) is 0 Å². The quantitative estimate of drug-likeness (QED) is 0.561. The molecule has 0 spiro atoms. The number of aromatic nitrogens is 1. The number of ketones is 1. The molecule has 2 nitrogen and oxygen atoms in total. The number of rotatable bonds is 4. The molecule has 0 saturated heterocycles. The summed E-state index contributed by atoms with van der Waals surface area (Å²) in [4.78, 5) is 16.1. The SMILES string of the molecule is CSc1[nH]cc(-c2ccccc2)c1C(=O)c1ccccc1. The van der Waals surface area contributed by atoms with Crippen LogP contribution in [0.3, 0.4) is 0 Å². The highest BCUT2D eigenvalue weighted by atomic mass is 32.2. The zero-order valence-electron chi connectivity index (χ0n) is 11.7. The Morgan fingerprint density at radius 1 is 0.952 bits per heavy atom. The summed E-state index contributed by atoms with van der Waals surface area (Å²) in [5.74, 6) is 0.0556. The van der Waals surface area contributed by atoms with E-state index in [0.717, 1.165) is 21.7 Å². The van der Waals surface area contributed by atoms with E-state index in [1.807, 2.05) is 73.1 Å². The lowest BCUT2D eigenvalue weighted by atomic mass is 9.98. The van der Waals surface area contributed by atoms with Gasteiger partial charge in [-0.05, 0) is 11.8 Å². The van der Waals surface area contributed by atoms with Crippen molar-refractivity contribution < 1.29 is 4.79 Å². The number of hydrogen-bond donors (Lipinski definition) is 1. The van der Waals surface area contributed by atoms with E-state index in [0.29, 0.717) is 5.56 Å². The van der Waals surface area contributed by atoms with Crippen molar-refractivity contribution in [1.29, 1.82) is 0 Å². The molecule has 0 bridgehead atoms. The summed E-state index contributed by atoms with van der Waals surface area (Å²) in [5.41, 5.74) is 3.46. The average molecular weight is 293 g/mol. The minimum absolute atomic E-state index is 0.0556. The maximum Gasteiger partial charge on any atom is 0.196 e. The summed E-state index contributed by atoms with van der Waals surface area (Å²) in [6.07, 6.45) is 3.89. The molecule has 0 aliphatic rings. The average Bonchev–Trinajstić information content (AvgIpc) is 2.99. The van der Waals surface area contributed by atoms with Gasteiger partial charge in [0.2, 0.25) is 0 Å². The van der Waals surface area contributed by atoms with Crippen molar-refractivity contribution in [3.8, 4) is 11.1 Å². The summed E-state index contributed by atoms with van der Waals surface area (Å²) in [5, 5.41) is 0.905. The Morgan fingerprint density at radius 2 is 1.57 bits per heavy atom. The lowest BCUT2D eigenvalue weighted by Crippen LogP contribution is -2.03. The van der Waals surface area contributed by atoms with Crippen molar-refractivity contribution in [3.63, 3.8) is 0 Å². The van der Waals surface area contributed by atoms with Crippen molar-refractivity contribution in [3.05, 3.63) is 78.0 Å². The normalized spacial score (nSPS) is 10.5. The van der Waals surface area contributed by atoms with Crippen LogP contribution in [0.25, 0.3) is 11.1 Å². The molecule has 3 aromatic rings. The van der Waals surface area contributed by atoms with Gasteiger partial charge in [-0.3, -0.25) is 4.79 Å². The molecule has 1 heterocycles. The highest BCUT2D eigenvalue weighted by Gasteiger charge is 2.20. The van der Waals surface area contributed by atoms with Crippen LogP contribution in [-0.2, 0) is 0 Å². The fraction of sp³-hybridized carbons (Fsp3) is 0.0556. The first-order chi connectivity index (χ1) is 10.3. The molecule has 0 fully saturated rings. The summed E-state index contributed by atoms with van der Waals surface area (Å²) in [6, 6.07) is 19.4. The fourth-order valence-electron chi connectivity index (χ4n) is 2.37. The lowest BCUT2D eigenvalue weighted by molar-refractivity contribution is 0.103. The fourth-order valence-corrected chi connectivity index (χ4v) is 2.95. The molecule has 1 N–H and O–H groups in total. The largest absolute Gasteiger partial charge is 0.355 e. The molecule has 0 unspecified atom stereocenters. The smallest absolute Gasteiger partial charge is 0.196 e. The number of thioether (sulfide) groups is 1. The maximum absolute atomic E-state index is 12.8. The summed E-state index contributed by atoms with van der Waals surface area (Å²) in [6.45, 7) is 0. The molecule has 2 aromatic carbocycles. The summed E-state index contributed by atoms with van der Waals surface area (Å²) >= 11 is 1.56. The van der Waals surface area contributed by atoms with E-state index in [-0.39, 0.29) is 5.78 Å². The monoisotopic (exact) mass is 293 g/mol. The number of H-pyrrole nitrogens is 1. The molecule has 0 radical (unpaired) electrons. The van der Waals surface area contributed by atoms with Crippen molar-refractivity contribution in [2.75, 3.05) is 6.26 Å². The molecule has 104 valence electrons. The molecule has 0 atom stereocenters.